The third-order valence-corrected chi connectivity index (χ3v) is 1.72. The lowest BCUT2D eigenvalue weighted by atomic mass is 10.2. The second kappa shape index (κ2) is 2.86. The molecule has 0 spiro atoms. The number of ketones is 1. The molecule has 1 unspecified atom stereocenters. The van der Waals surface area contributed by atoms with Crippen molar-refractivity contribution < 1.29 is 4.79 Å². The van der Waals surface area contributed by atoms with Crippen molar-refractivity contribution in [2.75, 3.05) is 0 Å². The van der Waals surface area contributed by atoms with E-state index in [4.69, 9.17) is 0 Å². The minimum Gasteiger partial charge on any atom is -0.298 e. The van der Waals surface area contributed by atoms with Gasteiger partial charge in [0.2, 0.25) is 0 Å². The maximum Gasteiger partial charge on any atom is 0.154 e. The summed E-state index contributed by atoms with van der Waals surface area (Å²) in [6, 6.07) is -0.135. The molecule has 0 fully saturated rings. The number of rotatable bonds is 2. The highest BCUT2D eigenvalue weighted by Gasteiger charge is 2.09. The van der Waals surface area contributed by atoms with E-state index < -0.39 is 0 Å². The van der Waals surface area contributed by atoms with Gasteiger partial charge in [-0.2, -0.15) is 5.10 Å². The minimum absolute atomic E-state index is 0.133. The van der Waals surface area contributed by atoms with Crippen molar-refractivity contribution in [1.29, 1.82) is 0 Å². The summed E-state index contributed by atoms with van der Waals surface area (Å²) in [5, 5.41) is 4.03. The molecule has 1 aromatic heterocycles. The second-order valence-electron chi connectivity index (χ2n) is 2.78. The molecule has 1 rings (SSSR count). The summed E-state index contributed by atoms with van der Waals surface area (Å²) in [6.45, 7) is 5.37. The molecule has 0 bridgehead atoms. The standard InChI is InChI=1S/C8H12N2O/c1-6-4-9-10(5-6)7(2)8(3)11/h4-5,7H,1-3H3. The molecule has 1 aromatic rings. The normalized spacial score (nSPS) is 13.0. The van der Waals surface area contributed by atoms with E-state index in [0.717, 1.165) is 5.56 Å². The zero-order chi connectivity index (χ0) is 8.43. The molecule has 0 aliphatic carbocycles. The summed E-state index contributed by atoms with van der Waals surface area (Å²) in [7, 11) is 0. The third kappa shape index (κ3) is 1.67. The Morgan fingerprint density at radius 1 is 1.73 bits per heavy atom. The highest BCUT2D eigenvalue weighted by molar-refractivity contribution is 5.79. The fraction of sp³-hybridized carbons (Fsp3) is 0.500. The molecule has 3 nitrogen and oxygen atoms in total. The van der Waals surface area contributed by atoms with Gasteiger partial charge >= 0.3 is 0 Å². The molecule has 0 aromatic carbocycles. The highest BCUT2D eigenvalue weighted by atomic mass is 16.1. The van der Waals surface area contributed by atoms with Crippen molar-refractivity contribution in [2.24, 2.45) is 0 Å². The summed E-state index contributed by atoms with van der Waals surface area (Å²) in [4.78, 5) is 10.9. The molecule has 0 amide bonds. The van der Waals surface area contributed by atoms with Crippen LogP contribution in [0.15, 0.2) is 12.4 Å². The molecule has 11 heavy (non-hydrogen) atoms. The molecule has 1 heterocycles. The molecule has 3 heteroatoms. The van der Waals surface area contributed by atoms with Gasteiger partial charge < -0.3 is 0 Å². The zero-order valence-electron chi connectivity index (χ0n) is 7.03. The molecule has 0 aliphatic rings. The van der Waals surface area contributed by atoms with Crippen LogP contribution in [0.1, 0.15) is 25.5 Å². The summed E-state index contributed by atoms with van der Waals surface area (Å²) in [5.41, 5.74) is 1.08. The van der Waals surface area contributed by atoms with Gasteiger partial charge in [0, 0.05) is 6.20 Å². The molecular formula is C8H12N2O. The lowest BCUT2D eigenvalue weighted by molar-refractivity contribution is -0.119. The first-order chi connectivity index (χ1) is 5.11. The van der Waals surface area contributed by atoms with Crippen molar-refractivity contribution in [1.82, 2.24) is 9.78 Å². The largest absolute Gasteiger partial charge is 0.298 e. The van der Waals surface area contributed by atoms with E-state index in [-0.39, 0.29) is 11.8 Å². The number of carbonyl (C=O) groups is 1. The van der Waals surface area contributed by atoms with Gasteiger partial charge in [0.05, 0.1) is 6.20 Å². The Kier molecular flexibility index (Phi) is 2.08. The van der Waals surface area contributed by atoms with Crippen molar-refractivity contribution in [3.63, 3.8) is 0 Å². The molecule has 0 aliphatic heterocycles. The Bertz CT molecular complexity index is 265. The lowest BCUT2D eigenvalue weighted by Gasteiger charge is -2.06. The van der Waals surface area contributed by atoms with Crippen LogP contribution in [0.4, 0.5) is 0 Å². The maximum absolute atomic E-state index is 10.9. The SMILES string of the molecule is CC(=O)C(C)n1cc(C)cn1. The Balaban J connectivity index is 2.84. The fourth-order valence-electron chi connectivity index (χ4n) is 0.831. The zero-order valence-corrected chi connectivity index (χ0v) is 7.03. The average molecular weight is 152 g/mol. The predicted molar refractivity (Wildman–Crippen MR) is 42.4 cm³/mol. The molecule has 0 saturated carbocycles. The summed E-state index contributed by atoms with van der Waals surface area (Å²) >= 11 is 0. The minimum atomic E-state index is -0.135. The number of aromatic nitrogens is 2. The number of aryl methyl sites for hydroxylation is 1. The topological polar surface area (TPSA) is 34.9 Å². The van der Waals surface area contributed by atoms with Crippen LogP contribution in [-0.4, -0.2) is 15.6 Å². The van der Waals surface area contributed by atoms with Gasteiger partial charge in [0.25, 0.3) is 0 Å². The third-order valence-electron chi connectivity index (χ3n) is 1.72. The highest BCUT2D eigenvalue weighted by Crippen LogP contribution is 2.05. The number of hydrogen-bond donors (Lipinski definition) is 0. The monoisotopic (exact) mass is 152 g/mol. The van der Waals surface area contributed by atoms with Gasteiger partial charge in [0.15, 0.2) is 5.78 Å². The quantitative estimate of drug-likeness (QED) is 0.641. The van der Waals surface area contributed by atoms with Gasteiger partial charge in [-0.05, 0) is 26.3 Å². The Morgan fingerprint density at radius 3 is 2.73 bits per heavy atom. The van der Waals surface area contributed by atoms with E-state index in [2.05, 4.69) is 5.10 Å². The number of hydrogen-bond acceptors (Lipinski definition) is 2. The first kappa shape index (κ1) is 7.98. The van der Waals surface area contributed by atoms with Crippen molar-refractivity contribution in [3.8, 4) is 0 Å². The molecular weight excluding hydrogens is 140 g/mol. The maximum atomic E-state index is 10.9. The van der Waals surface area contributed by atoms with Gasteiger partial charge in [-0.15, -0.1) is 0 Å². The Morgan fingerprint density at radius 2 is 2.36 bits per heavy atom. The van der Waals surface area contributed by atoms with E-state index >= 15 is 0 Å². The van der Waals surface area contributed by atoms with E-state index in [9.17, 15) is 4.79 Å². The molecule has 0 radical (unpaired) electrons. The summed E-state index contributed by atoms with van der Waals surface area (Å²) in [6.07, 6.45) is 3.62. The predicted octanol–water partition coefficient (Wildman–Crippen LogP) is 1.34. The van der Waals surface area contributed by atoms with Crippen molar-refractivity contribution >= 4 is 5.78 Å². The van der Waals surface area contributed by atoms with Crippen molar-refractivity contribution in [2.45, 2.75) is 26.8 Å². The van der Waals surface area contributed by atoms with Crippen LogP contribution in [0.5, 0.6) is 0 Å². The van der Waals surface area contributed by atoms with Crippen LogP contribution in [0, 0.1) is 6.92 Å². The number of Topliss-reactive ketones (excluding diaryl/α,β-unsaturated/α-hetero) is 1. The van der Waals surface area contributed by atoms with Crippen molar-refractivity contribution in [3.05, 3.63) is 18.0 Å². The molecule has 0 saturated heterocycles. The van der Waals surface area contributed by atoms with E-state index in [1.807, 2.05) is 20.0 Å². The Hall–Kier alpha value is -1.12. The van der Waals surface area contributed by atoms with Gasteiger partial charge in [-0.1, -0.05) is 0 Å². The van der Waals surface area contributed by atoms with E-state index in [1.165, 1.54) is 0 Å². The van der Waals surface area contributed by atoms with Crippen LogP contribution in [0.25, 0.3) is 0 Å². The lowest BCUT2D eigenvalue weighted by Crippen LogP contribution is -2.13. The van der Waals surface area contributed by atoms with Gasteiger partial charge in [-0.25, -0.2) is 0 Å². The van der Waals surface area contributed by atoms with Crippen LogP contribution in [0.3, 0.4) is 0 Å². The van der Waals surface area contributed by atoms with E-state index in [1.54, 1.807) is 17.8 Å². The van der Waals surface area contributed by atoms with Crippen LogP contribution in [-0.2, 0) is 4.79 Å². The smallest absolute Gasteiger partial charge is 0.154 e. The summed E-state index contributed by atoms with van der Waals surface area (Å²) < 4.78 is 1.68. The fourth-order valence-corrected chi connectivity index (χ4v) is 0.831. The number of carbonyl (C=O) groups excluding carboxylic acids is 1. The first-order valence-corrected chi connectivity index (χ1v) is 3.62. The second-order valence-corrected chi connectivity index (χ2v) is 2.78. The van der Waals surface area contributed by atoms with Gasteiger partial charge in [0.1, 0.15) is 6.04 Å². The molecule has 1 atom stereocenters. The van der Waals surface area contributed by atoms with Crippen LogP contribution >= 0.6 is 0 Å². The number of nitrogens with zero attached hydrogens (tertiary/aromatic N) is 2. The van der Waals surface area contributed by atoms with Crippen LogP contribution < -0.4 is 0 Å². The first-order valence-electron chi connectivity index (χ1n) is 3.62. The Labute approximate surface area is 66.0 Å². The summed E-state index contributed by atoms with van der Waals surface area (Å²) in [5.74, 6) is 0.133. The molecule has 0 N–H and O–H groups in total. The van der Waals surface area contributed by atoms with Crippen LogP contribution in [0.2, 0.25) is 0 Å². The van der Waals surface area contributed by atoms with E-state index in [0.29, 0.717) is 0 Å². The molecule has 60 valence electrons. The average Bonchev–Trinajstić information content (AvgIpc) is 2.34. The van der Waals surface area contributed by atoms with Gasteiger partial charge in [-0.3, -0.25) is 9.48 Å².